The van der Waals surface area contributed by atoms with Crippen molar-refractivity contribution in [3.05, 3.63) is 30.9 Å². The van der Waals surface area contributed by atoms with Crippen LogP contribution < -0.4 is 4.57 Å². The Balaban J connectivity index is 2.01. The molecule has 0 unspecified atom stereocenters. The molecule has 0 aromatic carbocycles. The zero-order chi connectivity index (χ0) is 12.1. The number of aryl methyl sites for hydroxylation is 1. The SMILES string of the molecule is COC(=O)CC[n+]1ccc(-c2ncns2)cc1. The van der Waals surface area contributed by atoms with Crippen LogP contribution in [0.4, 0.5) is 0 Å². The molecule has 0 saturated heterocycles. The van der Waals surface area contributed by atoms with E-state index in [1.807, 2.05) is 29.1 Å². The lowest BCUT2D eigenvalue weighted by Gasteiger charge is -1.97. The molecule has 88 valence electrons. The zero-order valence-corrected chi connectivity index (χ0v) is 10.2. The first-order valence-corrected chi connectivity index (χ1v) is 5.90. The highest BCUT2D eigenvalue weighted by Gasteiger charge is 2.08. The van der Waals surface area contributed by atoms with Gasteiger partial charge in [0.1, 0.15) is 17.8 Å². The number of carbonyl (C=O) groups is 1. The van der Waals surface area contributed by atoms with Crippen molar-refractivity contribution in [2.45, 2.75) is 13.0 Å². The monoisotopic (exact) mass is 250 g/mol. The van der Waals surface area contributed by atoms with Crippen LogP contribution in [0.15, 0.2) is 30.9 Å². The van der Waals surface area contributed by atoms with Crippen LogP contribution in [0.5, 0.6) is 0 Å². The van der Waals surface area contributed by atoms with E-state index in [0.717, 1.165) is 10.6 Å². The van der Waals surface area contributed by atoms with Gasteiger partial charge in [0.15, 0.2) is 18.9 Å². The van der Waals surface area contributed by atoms with Crippen LogP contribution in [-0.4, -0.2) is 22.4 Å². The summed E-state index contributed by atoms with van der Waals surface area (Å²) in [6.45, 7) is 0.614. The first-order valence-electron chi connectivity index (χ1n) is 5.12. The Hall–Kier alpha value is -1.82. The molecule has 2 heterocycles. The molecule has 0 fully saturated rings. The van der Waals surface area contributed by atoms with Gasteiger partial charge in [0.25, 0.3) is 0 Å². The number of nitrogens with zero attached hydrogens (tertiary/aromatic N) is 3. The predicted octanol–water partition coefficient (Wildman–Crippen LogP) is 1.06. The van der Waals surface area contributed by atoms with Crippen molar-refractivity contribution in [3.8, 4) is 10.6 Å². The number of rotatable bonds is 4. The van der Waals surface area contributed by atoms with E-state index >= 15 is 0 Å². The van der Waals surface area contributed by atoms with Gasteiger partial charge in [0.2, 0.25) is 0 Å². The fourth-order valence-corrected chi connectivity index (χ4v) is 1.90. The number of pyridine rings is 1. The van der Waals surface area contributed by atoms with E-state index in [9.17, 15) is 4.79 Å². The Bertz CT molecular complexity index is 482. The van der Waals surface area contributed by atoms with Gasteiger partial charge in [0, 0.05) is 17.7 Å². The lowest BCUT2D eigenvalue weighted by molar-refractivity contribution is -0.695. The molecule has 0 amide bonds. The summed E-state index contributed by atoms with van der Waals surface area (Å²) in [4.78, 5) is 15.1. The van der Waals surface area contributed by atoms with Gasteiger partial charge in [-0.3, -0.25) is 4.79 Å². The molecule has 5 nitrogen and oxygen atoms in total. The lowest BCUT2D eigenvalue weighted by Crippen LogP contribution is -2.33. The Morgan fingerprint density at radius 2 is 2.24 bits per heavy atom. The standard InChI is InChI=1S/C11H12N3O2S/c1-16-10(15)4-7-14-5-2-9(3-6-14)11-12-8-13-17-11/h2-3,5-6,8H,4,7H2,1H3/q+1. The molecule has 0 aliphatic rings. The van der Waals surface area contributed by atoms with Crippen molar-refractivity contribution in [1.29, 1.82) is 0 Å². The average Bonchev–Trinajstić information content (AvgIpc) is 2.90. The van der Waals surface area contributed by atoms with Gasteiger partial charge in [-0.05, 0) is 11.5 Å². The smallest absolute Gasteiger partial charge is 0.311 e. The summed E-state index contributed by atoms with van der Waals surface area (Å²) in [5.41, 5.74) is 1.03. The second-order valence-corrected chi connectivity index (χ2v) is 4.18. The molecule has 0 saturated carbocycles. The molecule has 0 aliphatic heterocycles. The van der Waals surface area contributed by atoms with Gasteiger partial charge in [-0.2, -0.15) is 4.37 Å². The van der Waals surface area contributed by atoms with Crippen molar-refractivity contribution >= 4 is 17.5 Å². The van der Waals surface area contributed by atoms with Crippen LogP contribution in [0, 0.1) is 0 Å². The van der Waals surface area contributed by atoms with Crippen molar-refractivity contribution in [2.75, 3.05) is 7.11 Å². The van der Waals surface area contributed by atoms with Gasteiger partial charge in [-0.1, -0.05) is 0 Å². The van der Waals surface area contributed by atoms with E-state index in [1.165, 1.54) is 25.0 Å². The third kappa shape index (κ3) is 3.07. The molecule has 2 rings (SSSR count). The van der Waals surface area contributed by atoms with Crippen LogP contribution >= 0.6 is 11.5 Å². The minimum Gasteiger partial charge on any atom is -0.469 e. The Morgan fingerprint density at radius 1 is 1.47 bits per heavy atom. The lowest BCUT2D eigenvalue weighted by atomic mass is 10.3. The Morgan fingerprint density at radius 3 is 2.82 bits per heavy atom. The highest BCUT2D eigenvalue weighted by Crippen LogP contribution is 2.17. The largest absolute Gasteiger partial charge is 0.469 e. The minimum absolute atomic E-state index is 0.203. The van der Waals surface area contributed by atoms with Crippen LogP contribution in [0.25, 0.3) is 10.6 Å². The fourth-order valence-electron chi connectivity index (χ4n) is 1.37. The Kier molecular flexibility index (Phi) is 3.77. The number of aromatic nitrogens is 3. The van der Waals surface area contributed by atoms with E-state index in [-0.39, 0.29) is 5.97 Å². The molecule has 0 aliphatic carbocycles. The maximum atomic E-state index is 11.0. The maximum Gasteiger partial charge on any atom is 0.311 e. The van der Waals surface area contributed by atoms with Crippen molar-refractivity contribution in [2.24, 2.45) is 0 Å². The maximum absolute atomic E-state index is 11.0. The summed E-state index contributed by atoms with van der Waals surface area (Å²) in [5.74, 6) is -0.203. The number of esters is 1. The molecule has 6 heteroatoms. The molecule has 0 spiro atoms. The third-order valence-corrected chi connectivity index (χ3v) is 3.01. The number of hydrogen-bond donors (Lipinski definition) is 0. The number of ether oxygens (including phenoxy) is 1. The van der Waals surface area contributed by atoms with E-state index in [2.05, 4.69) is 14.1 Å². The van der Waals surface area contributed by atoms with Crippen molar-refractivity contribution < 1.29 is 14.1 Å². The molecular formula is C11H12N3O2S+. The van der Waals surface area contributed by atoms with Crippen molar-refractivity contribution in [3.63, 3.8) is 0 Å². The van der Waals surface area contributed by atoms with E-state index in [4.69, 9.17) is 0 Å². The topological polar surface area (TPSA) is 56.0 Å². The quantitative estimate of drug-likeness (QED) is 0.601. The molecule has 2 aromatic rings. The number of carbonyl (C=O) groups excluding carboxylic acids is 1. The normalized spacial score (nSPS) is 10.2. The minimum atomic E-state index is -0.203. The van der Waals surface area contributed by atoms with Gasteiger partial charge in [-0.15, -0.1) is 0 Å². The fraction of sp³-hybridized carbons (Fsp3) is 0.273. The number of hydrogen-bond acceptors (Lipinski definition) is 5. The van der Waals surface area contributed by atoms with Gasteiger partial charge in [0.05, 0.1) is 7.11 Å². The third-order valence-electron chi connectivity index (χ3n) is 2.30. The summed E-state index contributed by atoms with van der Waals surface area (Å²) < 4.78 is 10.5. The van der Waals surface area contributed by atoms with Crippen LogP contribution in [0.3, 0.4) is 0 Å². The summed E-state index contributed by atoms with van der Waals surface area (Å²) in [6, 6.07) is 3.91. The highest BCUT2D eigenvalue weighted by molar-refractivity contribution is 7.09. The molecule has 2 aromatic heterocycles. The van der Waals surface area contributed by atoms with Gasteiger partial charge in [-0.25, -0.2) is 9.55 Å². The predicted molar refractivity (Wildman–Crippen MR) is 62.2 cm³/mol. The van der Waals surface area contributed by atoms with E-state index in [1.54, 1.807) is 0 Å². The van der Waals surface area contributed by atoms with Crippen LogP contribution in [-0.2, 0) is 16.1 Å². The molecule has 0 atom stereocenters. The summed E-state index contributed by atoms with van der Waals surface area (Å²) in [7, 11) is 1.39. The second kappa shape index (κ2) is 5.49. The zero-order valence-electron chi connectivity index (χ0n) is 9.37. The number of methoxy groups -OCH3 is 1. The van der Waals surface area contributed by atoms with Gasteiger partial charge < -0.3 is 4.74 Å². The first kappa shape index (κ1) is 11.7. The average molecular weight is 250 g/mol. The summed E-state index contributed by atoms with van der Waals surface area (Å²) in [6.07, 6.45) is 5.75. The molecule has 17 heavy (non-hydrogen) atoms. The van der Waals surface area contributed by atoms with E-state index in [0.29, 0.717) is 13.0 Å². The molecule has 0 radical (unpaired) electrons. The molecule has 0 bridgehead atoms. The summed E-state index contributed by atoms with van der Waals surface area (Å²) >= 11 is 1.36. The Labute approximate surface area is 103 Å². The van der Waals surface area contributed by atoms with Crippen LogP contribution in [0.1, 0.15) is 6.42 Å². The summed E-state index contributed by atoms with van der Waals surface area (Å²) in [5, 5.41) is 0.894. The molecular weight excluding hydrogens is 238 g/mol. The first-order chi connectivity index (χ1) is 8.29. The van der Waals surface area contributed by atoms with Crippen molar-refractivity contribution in [1.82, 2.24) is 9.36 Å². The molecule has 0 N–H and O–H groups in total. The highest BCUT2D eigenvalue weighted by atomic mass is 32.1. The second-order valence-electron chi connectivity index (χ2n) is 3.40. The van der Waals surface area contributed by atoms with Gasteiger partial charge >= 0.3 is 5.97 Å². The van der Waals surface area contributed by atoms with E-state index < -0.39 is 0 Å². The van der Waals surface area contributed by atoms with Crippen LogP contribution in [0.2, 0.25) is 0 Å².